The molecule has 0 amide bonds. The van der Waals surface area contributed by atoms with Gasteiger partial charge in [0.2, 0.25) is 5.82 Å². The second-order valence-electron chi connectivity index (χ2n) is 6.59. The summed E-state index contributed by atoms with van der Waals surface area (Å²) in [6, 6.07) is 14.8. The molecule has 2 heterocycles. The van der Waals surface area contributed by atoms with Gasteiger partial charge < -0.3 is 10.1 Å². The van der Waals surface area contributed by atoms with E-state index in [1.54, 1.807) is 43.1 Å². The van der Waals surface area contributed by atoms with Crippen LogP contribution in [0.25, 0.3) is 27.8 Å². The molecule has 0 unspecified atom stereocenters. The summed E-state index contributed by atoms with van der Waals surface area (Å²) in [7, 11) is 3.19. The van der Waals surface area contributed by atoms with Crippen molar-refractivity contribution in [2.75, 3.05) is 19.5 Å². The van der Waals surface area contributed by atoms with Crippen molar-refractivity contribution in [3.63, 3.8) is 0 Å². The van der Waals surface area contributed by atoms with Crippen molar-refractivity contribution in [3.8, 4) is 22.6 Å². The summed E-state index contributed by atoms with van der Waals surface area (Å²) < 4.78 is 7.88. The number of rotatable bonds is 5. The first kappa shape index (κ1) is 19.8. The summed E-state index contributed by atoms with van der Waals surface area (Å²) in [5.74, 6) is 0.847. The number of pyridine rings is 1. The molecule has 2 aromatic heterocycles. The summed E-state index contributed by atoms with van der Waals surface area (Å²) in [5, 5.41) is 20.2. The molecular weight excluding hydrogens is 450 g/mol. The number of hydrogen-bond donors (Lipinski definition) is 1. The molecule has 9 heteroatoms. The number of nitrogens with one attached hydrogen (secondary N) is 1. The minimum atomic E-state index is -0.408. The van der Waals surface area contributed by atoms with Gasteiger partial charge in [0.1, 0.15) is 5.75 Å². The Hall–Kier alpha value is -3.46. The largest absolute Gasteiger partial charge is 0.497 e. The molecule has 0 aliphatic carbocycles. The van der Waals surface area contributed by atoms with Gasteiger partial charge in [0, 0.05) is 11.5 Å². The minimum Gasteiger partial charge on any atom is -0.497 e. The van der Waals surface area contributed by atoms with Gasteiger partial charge >= 0.3 is 5.69 Å². The highest BCUT2D eigenvalue weighted by Crippen LogP contribution is 2.42. The van der Waals surface area contributed by atoms with Crippen LogP contribution in [0.5, 0.6) is 5.75 Å². The average Bonchev–Trinajstić information content (AvgIpc) is 3.09. The number of anilines is 1. The van der Waals surface area contributed by atoms with E-state index in [0.717, 1.165) is 10.2 Å². The maximum absolute atomic E-state index is 12.0. The van der Waals surface area contributed by atoms with Gasteiger partial charge in [0.15, 0.2) is 5.65 Å². The van der Waals surface area contributed by atoms with Gasteiger partial charge in [-0.1, -0.05) is 28.1 Å². The van der Waals surface area contributed by atoms with Crippen LogP contribution in [0, 0.1) is 17.0 Å². The molecule has 0 bridgehead atoms. The number of aromatic nitrogens is 3. The van der Waals surface area contributed by atoms with Gasteiger partial charge in [0.25, 0.3) is 0 Å². The molecule has 0 aliphatic heterocycles. The average molecular weight is 468 g/mol. The standard InChI is InChI=1S/C21H18BrN5O3/c1-12-17-18(13-4-10-16(30-3)11-5-13)19(27(28)29)20(23-2)24-21(17)26(25-12)15-8-6-14(22)7-9-15/h4-11H,1-3H3,(H,23,24). The first-order chi connectivity index (χ1) is 14.4. The second-order valence-corrected chi connectivity index (χ2v) is 7.51. The highest BCUT2D eigenvalue weighted by atomic mass is 79.9. The van der Waals surface area contributed by atoms with Gasteiger partial charge in [-0.05, 0) is 48.9 Å². The van der Waals surface area contributed by atoms with Gasteiger partial charge in [-0.15, -0.1) is 0 Å². The smallest absolute Gasteiger partial charge is 0.319 e. The zero-order valence-electron chi connectivity index (χ0n) is 16.5. The van der Waals surface area contributed by atoms with Crippen LogP contribution < -0.4 is 10.1 Å². The topological polar surface area (TPSA) is 95.1 Å². The molecule has 0 atom stereocenters. The van der Waals surface area contributed by atoms with Crippen molar-refractivity contribution < 1.29 is 9.66 Å². The fraction of sp³-hybridized carbons (Fsp3) is 0.143. The molecule has 2 aromatic carbocycles. The first-order valence-corrected chi connectivity index (χ1v) is 9.89. The maximum atomic E-state index is 12.0. The van der Waals surface area contributed by atoms with Gasteiger partial charge in [-0.25, -0.2) is 9.67 Å². The Bertz CT molecular complexity index is 1250. The summed E-state index contributed by atoms with van der Waals surface area (Å²) in [5.41, 5.74) is 3.06. The molecule has 0 aliphatic rings. The number of benzene rings is 2. The van der Waals surface area contributed by atoms with Gasteiger partial charge in [0.05, 0.1) is 34.4 Å². The maximum Gasteiger partial charge on any atom is 0.319 e. The van der Waals surface area contributed by atoms with E-state index in [1.807, 2.05) is 31.2 Å². The Morgan fingerprint density at radius 3 is 2.37 bits per heavy atom. The summed E-state index contributed by atoms with van der Waals surface area (Å²) in [6.07, 6.45) is 0. The van der Waals surface area contributed by atoms with Crippen LogP contribution >= 0.6 is 15.9 Å². The van der Waals surface area contributed by atoms with Crippen molar-refractivity contribution >= 4 is 38.5 Å². The fourth-order valence-electron chi connectivity index (χ4n) is 3.46. The van der Waals surface area contributed by atoms with Gasteiger partial charge in [-0.3, -0.25) is 10.1 Å². The van der Waals surface area contributed by atoms with Crippen molar-refractivity contribution in [2.45, 2.75) is 6.92 Å². The lowest BCUT2D eigenvalue weighted by Gasteiger charge is -2.11. The van der Waals surface area contributed by atoms with E-state index in [9.17, 15) is 10.1 Å². The van der Waals surface area contributed by atoms with E-state index >= 15 is 0 Å². The van der Waals surface area contributed by atoms with Crippen LogP contribution in [-0.2, 0) is 0 Å². The lowest BCUT2D eigenvalue weighted by atomic mass is 10.00. The Morgan fingerprint density at radius 2 is 1.80 bits per heavy atom. The number of nitrogens with zero attached hydrogens (tertiary/aromatic N) is 4. The van der Waals surface area contributed by atoms with Crippen LogP contribution in [-0.4, -0.2) is 33.8 Å². The SMILES string of the molecule is CNc1nc2c(c(C)nn2-c2ccc(Br)cc2)c(-c2ccc(OC)cc2)c1[N+](=O)[O-]. The fourth-order valence-corrected chi connectivity index (χ4v) is 3.72. The van der Waals surface area contributed by atoms with Crippen LogP contribution in [0.1, 0.15) is 5.69 Å². The third-order valence-electron chi connectivity index (χ3n) is 4.83. The van der Waals surface area contributed by atoms with Crippen molar-refractivity contribution in [2.24, 2.45) is 0 Å². The Balaban J connectivity index is 2.10. The van der Waals surface area contributed by atoms with E-state index in [1.165, 1.54) is 0 Å². The Kier molecular flexibility index (Phi) is 5.13. The molecule has 0 saturated heterocycles. The quantitative estimate of drug-likeness (QED) is 0.323. The number of halogens is 1. The molecule has 0 fully saturated rings. The molecule has 1 N–H and O–H groups in total. The first-order valence-electron chi connectivity index (χ1n) is 9.10. The molecular formula is C21H18BrN5O3. The van der Waals surface area contributed by atoms with E-state index in [-0.39, 0.29) is 11.5 Å². The lowest BCUT2D eigenvalue weighted by molar-refractivity contribution is -0.383. The van der Waals surface area contributed by atoms with E-state index in [2.05, 4.69) is 31.3 Å². The van der Waals surface area contributed by atoms with Crippen LogP contribution in [0.4, 0.5) is 11.5 Å². The normalized spacial score (nSPS) is 10.9. The lowest BCUT2D eigenvalue weighted by Crippen LogP contribution is -2.04. The number of hydrogen-bond acceptors (Lipinski definition) is 6. The van der Waals surface area contributed by atoms with Crippen LogP contribution in [0.2, 0.25) is 0 Å². The number of methoxy groups -OCH3 is 1. The number of aryl methyl sites for hydroxylation is 1. The summed E-state index contributed by atoms with van der Waals surface area (Å²) >= 11 is 3.43. The van der Waals surface area contributed by atoms with Crippen molar-refractivity contribution in [3.05, 3.63) is 68.8 Å². The molecule has 0 saturated carbocycles. The summed E-state index contributed by atoms with van der Waals surface area (Å²) in [6.45, 7) is 1.83. The van der Waals surface area contributed by atoms with Crippen molar-refractivity contribution in [1.29, 1.82) is 0 Å². The molecule has 4 aromatic rings. The molecule has 8 nitrogen and oxygen atoms in total. The van der Waals surface area contributed by atoms with Gasteiger partial charge in [-0.2, -0.15) is 5.10 Å². The molecule has 152 valence electrons. The molecule has 4 rings (SSSR count). The van der Waals surface area contributed by atoms with E-state index in [0.29, 0.717) is 33.6 Å². The predicted octanol–water partition coefficient (Wildman–Crippen LogP) is 5.12. The number of ether oxygens (including phenoxy) is 1. The van der Waals surface area contributed by atoms with E-state index < -0.39 is 4.92 Å². The number of fused-ring (bicyclic) bond motifs is 1. The van der Waals surface area contributed by atoms with Crippen LogP contribution in [0.3, 0.4) is 0 Å². The molecule has 0 radical (unpaired) electrons. The number of nitro groups is 1. The highest BCUT2D eigenvalue weighted by molar-refractivity contribution is 9.10. The predicted molar refractivity (Wildman–Crippen MR) is 119 cm³/mol. The summed E-state index contributed by atoms with van der Waals surface area (Å²) in [4.78, 5) is 16.2. The van der Waals surface area contributed by atoms with Crippen molar-refractivity contribution in [1.82, 2.24) is 14.8 Å². The monoisotopic (exact) mass is 467 g/mol. The highest BCUT2D eigenvalue weighted by Gasteiger charge is 2.29. The molecule has 0 spiro atoms. The Morgan fingerprint density at radius 1 is 1.13 bits per heavy atom. The minimum absolute atomic E-state index is 0.0892. The third kappa shape index (κ3) is 3.26. The Labute approximate surface area is 180 Å². The zero-order chi connectivity index (χ0) is 21.4. The third-order valence-corrected chi connectivity index (χ3v) is 5.36. The zero-order valence-corrected chi connectivity index (χ0v) is 18.1. The second kappa shape index (κ2) is 7.75. The molecule has 30 heavy (non-hydrogen) atoms. The van der Waals surface area contributed by atoms with E-state index in [4.69, 9.17) is 4.74 Å². The van der Waals surface area contributed by atoms with Crippen LogP contribution in [0.15, 0.2) is 53.0 Å².